The van der Waals surface area contributed by atoms with E-state index >= 15 is 0 Å². The first-order chi connectivity index (χ1) is 7.47. The van der Waals surface area contributed by atoms with Crippen molar-refractivity contribution in [3.8, 4) is 0 Å². The third-order valence-electron chi connectivity index (χ3n) is 2.24. The van der Waals surface area contributed by atoms with Gasteiger partial charge in [0.05, 0.1) is 12.1 Å². The number of rotatable bonds is 1. The highest BCUT2D eigenvalue weighted by Crippen LogP contribution is 2.28. The van der Waals surface area contributed by atoms with E-state index in [0.717, 1.165) is 12.3 Å². The topological polar surface area (TPSA) is 37.3 Å². The number of aliphatic imine (C=N–C) groups is 1. The highest BCUT2D eigenvalue weighted by Gasteiger charge is 2.31. The van der Waals surface area contributed by atoms with E-state index in [1.165, 1.54) is 6.07 Å². The van der Waals surface area contributed by atoms with Gasteiger partial charge in [0.15, 0.2) is 0 Å². The molecule has 0 saturated heterocycles. The maximum atomic E-state index is 12.3. The van der Waals surface area contributed by atoms with Gasteiger partial charge >= 0.3 is 6.18 Å². The van der Waals surface area contributed by atoms with Crippen molar-refractivity contribution in [3.05, 3.63) is 29.6 Å². The van der Waals surface area contributed by atoms with Crippen LogP contribution in [0.3, 0.4) is 0 Å². The van der Waals surface area contributed by atoms with Gasteiger partial charge in [0.25, 0.3) is 0 Å². The Morgan fingerprint density at radius 2 is 2.12 bits per heavy atom. The number of aromatic nitrogens is 1. The van der Waals surface area contributed by atoms with Gasteiger partial charge in [-0.1, -0.05) is 0 Å². The summed E-state index contributed by atoms with van der Waals surface area (Å²) in [6, 6.07) is 2.54. The van der Waals surface area contributed by atoms with Gasteiger partial charge in [-0.05, 0) is 19.1 Å². The van der Waals surface area contributed by atoms with Gasteiger partial charge in [0, 0.05) is 12.2 Å². The van der Waals surface area contributed by atoms with Crippen molar-refractivity contribution in [2.75, 3.05) is 6.54 Å². The standard InChI is InChI=1S/C10H10F3N3/c1-6-4-15-9(16-6)8-3-2-7(5-14-8)10(11,12)13/h2-3,5-6H,4H2,1H3,(H,15,16). The molecule has 1 aromatic rings. The van der Waals surface area contributed by atoms with Crippen LogP contribution in [-0.2, 0) is 6.18 Å². The van der Waals surface area contributed by atoms with Gasteiger partial charge in [0.1, 0.15) is 11.5 Å². The van der Waals surface area contributed by atoms with Crippen LogP contribution in [0.1, 0.15) is 18.2 Å². The van der Waals surface area contributed by atoms with Gasteiger partial charge in [-0.2, -0.15) is 13.2 Å². The minimum atomic E-state index is -4.34. The predicted octanol–water partition coefficient (Wildman–Crippen LogP) is 1.84. The van der Waals surface area contributed by atoms with Crippen LogP contribution >= 0.6 is 0 Å². The fraction of sp³-hybridized carbons (Fsp3) is 0.400. The predicted molar refractivity (Wildman–Crippen MR) is 53.2 cm³/mol. The minimum absolute atomic E-state index is 0.207. The smallest absolute Gasteiger partial charge is 0.364 e. The molecule has 0 fully saturated rings. The Labute approximate surface area is 90.4 Å². The molecule has 1 unspecified atom stereocenters. The number of nitrogens with one attached hydrogen (secondary N) is 1. The highest BCUT2D eigenvalue weighted by atomic mass is 19.4. The van der Waals surface area contributed by atoms with Crippen molar-refractivity contribution in [2.24, 2.45) is 4.99 Å². The third kappa shape index (κ3) is 2.15. The van der Waals surface area contributed by atoms with E-state index < -0.39 is 11.7 Å². The van der Waals surface area contributed by atoms with E-state index in [2.05, 4.69) is 15.3 Å². The van der Waals surface area contributed by atoms with Crippen LogP contribution in [0.4, 0.5) is 13.2 Å². The number of amidine groups is 1. The second-order valence-electron chi connectivity index (χ2n) is 3.66. The molecule has 0 bridgehead atoms. The molecule has 0 spiro atoms. The zero-order chi connectivity index (χ0) is 11.8. The molecule has 16 heavy (non-hydrogen) atoms. The van der Waals surface area contributed by atoms with Crippen molar-refractivity contribution in [2.45, 2.75) is 19.1 Å². The number of hydrogen-bond donors (Lipinski definition) is 1. The van der Waals surface area contributed by atoms with Crippen LogP contribution in [-0.4, -0.2) is 23.4 Å². The number of nitrogens with zero attached hydrogens (tertiary/aromatic N) is 2. The quantitative estimate of drug-likeness (QED) is 0.797. The van der Waals surface area contributed by atoms with Gasteiger partial charge in [-0.25, -0.2) is 0 Å². The Balaban J connectivity index is 2.20. The van der Waals surface area contributed by atoms with Gasteiger partial charge in [0.2, 0.25) is 0 Å². The summed E-state index contributed by atoms with van der Waals surface area (Å²) in [5, 5.41) is 3.03. The molecule has 6 heteroatoms. The molecule has 0 saturated carbocycles. The fourth-order valence-corrected chi connectivity index (χ4v) is 1.41. The summed E-state index contributed by atoms with van der Waals surface area (Å²) in [6.45, 7) is 2.57. The number of pyridine rings is 1. The zero-order valence-electron chi connectivity index (χ0n) is 8.54. The van der Waals surface area contributed by atoms with Crippen LogP contribution in [0.25, 0.3) is 0 Å². The number of alkyl halides is 3. The van der Waals surface area contributed by atoms with Crippen LogP contribution in [0.5, 0.6) is 0 Å². The lowest BCUT2D eigenvalue weighted by Gasteiger charge is -2.08. The first-order valence-electron chi connectivity index (χ1n) is 4.81. The lowest BCUT2D eigenvalue weighted by Crippen LogP contribution is -2.28. The van der Waals surface area contributed by atoms with Crippen molar-refractivity contribution in [1.29, 1.82) is 0 Å². The first kappa shape index (κ1) is 10.9. The van der Waals surface area contributed by atoms with Crippen LogP contribution < -0.4 is 5.32 Å². The van der Waals surface area contributed by atoms with Crippen LogP contribution in [0.2, 0.25) is 0 Å². The minimum Gasteiger partial charge on any atom is -0.364 e. The molecule has 2 heterocycles. The molecular formula is C10H10F3N3. The van der Waals surface area contributed by atoms with Crippen LogP contribution in [0.15, 0.2) is 23.3 Å². The maximum Gasteiger partial charge on any atom is 0.417 e. The molecule has 0 radical (unpaired) electrons. The number of hydrogen-bond acceptors (Lipinski definition) is 3. The summed E-state index contributed by atoms with van der Waals surface area (Å²) >= 11 is 0. The van der Waals surface area contributed by atoms with E-state index in [1.54, 1.807) is 0 Å². The van der Waals surface area contributed by atoms with Crippen molar-refractivity contribution < 1.29 is 13.2 Å². The van der Waals surface area contributed by atoms with E-state index in [0.29, 0.717) is 18.1 Å². The van der Waals surface area contributed by atoms with Gasteiger partial charge in [-0.15, -0.1) is 0 Å². The first-order valence-corrected chi connectivity index (χ1v) is 4.81. The van der Waals surface area contributed by atoms with Crippen LogP contribution in [0, 0.1) is 0 Å². The monoisotopic (exact) mass is 229 g/mol. The summed E-state index contributed by atoms with van der Waals surface area (Å²) < 4.78 is 36.8. The molecule has 86 valence electrons. The van der Waals surface area contributed by atoms with Crippen molar-refractivity contribution in [1.82, 2.24) is 10.3 Å². The molecule has 1 N–H and O–H groups in total. The lowest BCUT2D eigenvalue weighted by atomic mass is 10.2. The van der Waals surface area contributed by atoms with E-state index in [9.17, 15) is 13.2 Å². The Hall–Kier alpha value is -1.59. The maximum absolute atomic E-state index is 12.3. The third-order valence-corrected chi connectivity index (χ3v) is 2.24. The van der Waals surface area contributed by atoms with Crippen molar-refractivity contribution >= 4 is 5.84 Å². The average molecular weight is 229 g/mol. The molecule has 0 aromatic carbocycles. The van der Waals surface area contributed by atoms with Crippen molar-refractivity contribution in [3.63, 3.8) is 0 Å². The fourth-order valence-electron chi connectivity index (χ4n) is 1.41. The Morgan fingerprint density at radius 3 is 2.56 bits per heavy atom. The van der Waals surface area contributed by atoms with Gasteiger partial charge < -0.3 is 5.32 Å². The average Bonchev–Trinajstić information content (AvgIpc) is 2.64. The summed E-state index contributed by atoms with van der Waals surface area (Å²) in [4.78, 5) is 7.89. The summed E-state index contributed by atoms with van der Waals surface area (Å²) in [7, 11) is 0. The molecule has 1 aliphatic heterocycles. The second-order valence-corrected chi connectivity index (χ2v) is 3.66. The molecule has 0 aliphatic carbocycles. The normalized spacial score (nSPS) is 20.5. The van der Waals surface area contributed by atoms with E-state index in [1.807, 2.05) is 6.92 Å². The molecule has 1 atom stereocenters. The second kappa shape index (κ2) is 3.77. The number of halogens is 3. The molecule has 3 nitrogen and oxygen atoms in total. The molecule has 1 aromatic heterocycles. The Kier molecular flexibility index (Phi) is 2.57. The highest BCUT2D eigenvalue weighted by molar-refractivity contribution is 5.98. The summed E-state index contributed by atoms with van der Waals surface area (Å²) in [5.41, 5.74) is -0.305. The Bertz CT molecular complexity index is 408. The largest absolute Gasteiger partial charge is 0.417 e. The molecule has 1 aliphatic rings. The summed E-state index contributed by atoms with van der Waals surface area (Å²) in [6.07, 6.45) is -3.52. The molecule has 2 rings (SSSR count). The van der Waals surface area contributed by atoms with E-state index in [-0.39, 0.29) is 6.04 Å². The van der Waals surface area contributed by atoms with E-state index in [4.69, 9.17) is 0 Å². The summed E-state index contributed by atoms with van der Waals surface area (Å²) in [5.74, 6) is 0.557. The zero-order valence-corrected chi connectivity index (χ0v) is 8.54. The SMILES string of the molecule is CC1CN=C(c2ccc(C(F)(F)F)cn2)N1. The lowest BCUT2D eigenvalue weighted by molar-refractivity contribution is -0.137. The molecular weight excluding hydrogens is 219 g/mol. The Morgan fingerprint density at radius 1 is 1.38 bits per heavy atom. The molecule has 0 amide bonds. The van der Waals surface area contributed by atoms with Gasteiger partial charge in [-0.3, -0.25) is 9.98 Å².